The molecule has 1 aliphatic rings. The molecule has 82 valence electrons. The van der Waals surface area contributed by atoms with E-state index in [1.807, 2.05) is 0 Å². The van der Waals surface area contributed by atoms with Gasteiger partial charge in [0.1, 0.15) is 5.78 Å². The monoisotopic (exact) mass is 199 g/mol. The number of hydrogen-bond donors (Lipinski definition) is 1. The highest BCUT2D eigenvalue weighted by molar-refractivity contribution is 5.78. The maximum Gasteiger partial charge on any atom is 0.134 e. The summed E-state index contributed by atoms with van der Waals surface area (Å²) in [6, 6.07) is 0. The average Bonchev–Trinajstić information content (AvgIpc) is 2.20. The lowest BCUT2D eigenvalue weighted by molar-refractivity contribution is -0.120. The summed E-state index contributed by atoms with van der Waals surface area (Å²) in [6.07, 6.45) is 3.57. The van der Waals surface area contributed by atoms with E-state index in [-0.39, 0.29) is 0 Å². The molecule has 1 rings (SSSR count). The number of ketones is 1. The van der Waals surface area contributed by atoms with Gasteiger partial charge in [0.2, 0.25) is 0 Å². The highest BCUT2D eigenvalue weighted by Crippen LogP contribution is 2.18. The molecule has 0 saturated carbocycles. The number of carbonyl (C=O) groups excluding carboxylic acids is 1. The molecule has 1 fully saturated rings. The minimum atomic E-state index is 0.401. The van der Waals surface area contributed by atoms with Crippen LogP contribution in [0.25, 0.3) is 0 Å². The van der Waals surface area contributed by atoms with E-state index >= 15 is 0 Å². The van der Waals surface area contributed by atoms with Crippen molar-refractivity contribution in [2.24, 2.45) is 5.92 Å². The van der Waals surface area contributed by atoms with Gasteiger partial charge in [0, 0.05) is 32.6 Å². The third kappa shape index (κ3) is 4.72. The Kier molecular flexibility index (Phi) is 5.80. The van der Waals surface area contributed by atoms with Crippen LogP contribution in [0.2, 0.25) is 0 Å². The van der Waals surface area contributed by atoms with Gasteiger partial charge in [0.15, 0.2) is 0 Å². The lowest BCUT2D eigenvalue weighted by Crippen LogP contribution is -2.22. The molecule has 14 heavy (non-hydrogen) atoms. The van der Waals surface area contributed by atoms with Crippen molar-refractivity contribution in [1.82, 2.24) is 5.32 Å². The first-order valence-corrected chi connectivity index (χ1v) is 5.63. The van der Waals surface area contributed by atoms with E-state index in [9.17, 15) is 4.79 Å². The molecule has 0 radical (unpaired) electrons. The first-order valence-electron chi connectivity index (χ1n) is 5.63. The molecule has 3 heteroatoms. The quantitative estimate of drug-likeness (QED) is 0.657. The lowest BCUT2D eigenvalue weighted by atomic mass is 9.93. The van der Waals surface area contributed by atoms with Gasteiger partial charge in [-0.1, -0.05) is 6.92 Å². The second kappa shape index (κ2) is 6.96. The van der Waals surface area contributed by atoms with Crippen LogP contribution in [0.15, 0.2) is 0 Å². The fourth-order valence-corrected chi connectivity index (χ4v) is 1.78. The number of ether oxygens (including phenoxy) is 1. The van der Waals surface area contributed by atoms with Gasteiger partial charge in [-0.15, -0.1) is 0 Å². The Bertz CT molecular complexity index is 165. The van der Waals surface area contributed by atoms with Crippen LogP contribution in [0.3, 0.4) is 0 Å². The van der Waals surface area contributed by atoms with E-state index in [1.165, 1.54) is 0 Å². The fraction of sp³-hybridized carbons (Fsp3) is 0.909. The predicted molar refractivity (Wildman–Crippen MR) is 56.3 cm³/mol. The maximum atomic E-state index is 11.5. The summed E-state index contributed by atoms with van der Waals surface area (Å²) < 4.78 is 5.26. The van der Waals surface area contributed by atoms with Crippen molar-refractivity contribution in [3.8, 4) is 0 Å². The maximum absolute atomic E-state index is 11.5. The first kappa shape index (κ1) is 11.7. The Morgan fingerprint density at radius 3 is 2.79 bits per heavy atom. The zero-order chi connectivity index (χ0) is 10.2. The molecule has 1 heterocycles. The van der Waals surface area contributed by atoms with Crippen molar-refractivity contribution in [1.29, 1.82) is 0 Å². The average molecular weight is 199 g/mol. The van der Waals surface area contributed by atoms with Crippen LogP contribution in [0.4, 0.5) is 0 Å². The summed E-state index contributed by atoms with van der Waals surface area (Å²) in [5.74, 6) is 0.982. The standard InChI is InChI=1S/C11H21NO2/c1-2-12-6-3-11(13)9-10-4-7-14-8-5-10/h10,12H,2-9H2,1H3. The molecule has 0 atom stereocenters. The van der Waals surface area contributed by atoms with Crippen molar-refractivity contribution in [2.45, 2.75) is 32.6 Å². The Labute approximate surface area is 86.2 Å². The molecule has 0 aliphatic carbocycles. The van der Waals surface area contributed by atoms with Crippen LogP contribution in [0.5, 0.6) is 0 Å². The third-order valence-corrected chi connectivity index (χ3v) is 2.69. The van der Waals surface area contributed by atoms with E-state index in [0.717, 1.165) is 45.6 Å². The fourth-order valence-electron chi connectivity index (χ4n) is 1.78. The topological polar surface area (TPSA) is 38.3 Å². The predicted octanol–water partition coefficient (Wildman–Crippen LogP) is 1.37. The molecule has 1 N–H and O–H groups in total. The Hall–Kier alpha value is -0.410. The van der Waals surface area contributed by atoms with Crippen LogP contribution in [0, 0.1) is 5.92 Å². The van der Waals surface area contributed by atoms with Crippen LogP contribution in [0.1, 0.15) is 32.6 Å². The number of nitrogens with one attached hydrogen (secondary N) is 1. The largest absolute Gasteiger partial charge is 0.381 e. The highest BCUT2D eigenvalue weighted by Gasteiger charge is 2.16. The number of rotatable bonds is 6. The molecule has 0 unspecified atom stereocenters. The van der Waals surface area contributed by atoms with E-state index < -0.39 is 0 Å². The van der Waals surface area contributed by atoms with E-state index in [0.29, 0.717) is 18.1 Å². The Morgan fingerprint density at radius 1 is 1.43 bits per heavy atom. The highest BCUT2D eigenvalue weighted by atomic mass is 16.5. The van der Waals surface area contributed by atoms with Gasteiger partial charge >= 0.3 is 0 Å². The van der Waals surface area contributed by atoms with Gasteiger partial charge in [0.25, 0.3) is 0 Å². The molecular formula is C11H21NO2. The molecule has 0 aromatic heterocycles. The zero-order valence-electron chi connectivity index (χ0n) is 9.05. The third-order valence-electron chi connectivity index (χ3n) is 2.69. The number of hydrogen-bond acceptors (Lipinski definition) is 3. The summed E-state index contributed by atoms with van der Waals surface area (Å²) in [4.78, 5) is 11.5. The smallest absolute Gasteiger partial charge is 0.134 e. The van der Waals surface area contributed by atoms with Crippen molar-refractivity contribution < 1.29 is 9.53 Å². The van der Waals surface area contributed by atoms with Gasteiger partial charge in [0.05, 0.1) is 0 Å². The molecule has 0 amide bonds. The summed E-state index contributed by atoms with van der Waals surface area (Å²) in [6.45, 7) is 5.52. The van der Waals surface area contributed by atoms with E-state index in [2.05, 4.69) is 12.2 Å². The van der Waals surface area contributed by atoms with Gasteiger partial charge in [-0.25, -0.2) is 0 Å². The SMILES string of the molecule is CCNCCC(=O)CC1CCOCC1. The molecule has 0 spiro atoms. The molecular weight excluding hydrogens is 178 g/mol. The summed E-state index contributed by atoms with van der Waals surface area (Å²) in [5, 5.41) is 3.17. The Morgan fingerprint density at radius 2 is 2.14 bits per heavy atom. The number of carbonyl (C=O) groups is 1. The first-order chi connectivity index (χ1) is 6.83. The lowest BCUT2D eigenvalue weighted by Gasteiger charge is -2.21. The molecule has 1 saturated heterocycles. The zero-order valence-corrected chi connectivity index (χ0v) is 9.05. The van der Waals surface area contributed by atoms with Crippen molar-refractivity contribution in [3.63, 3.8) is 0 Å². The second-order valence-corrected chi connectivity index (χ2v) is 3.90. The summed E-state index contributed by atoms with van der Waals surface area (Å²) in [5.41, 5.74) is 0. The summed E-state index contributed by atoms with van der Waals surface area (Å²) >= 11 is 0. The van der Waals surface area contributed by atoms with Crippen LogP contribution in [-0.4, -0.2) is 32.1 Å². The van der Waals surface area contributed by atoms with Crippen molar-refractivity contribution >= 4 is 5.78 Å². The van der Waals surface area contributed by atoms with Crippen LogP contribution < -0.4 is 5.32 Å². The minimum absolute atomic E-state index is 0.401. The van der Waals surface area contributed by atoms with Crippen LogP contribution in [-0.2, 0) is 9.53 Å². The molecule has 1 aliphatic heterocycles. The Balaban J connectivity index is 2.06. The molecule has 0 aromatic rings. The van der Waals surface area contributed by atoms with E-state index in [4.69, 9.17) is 4.74 Å². The summed E-state index contributed by atoms with van der Waals surface area (Å²) in [7, 11) is 0. The van der Waals surface area contributed by atoms with Crippen LogP contribution >= 0.6 is 0 Å². The van der Waals surface area contributed by atoms with E-state index in [1.54, 1.807) is 0 Å². The number of Topliss-reactive ketones (excluding diaryl/α,β-unsaturated/α-hetero) is 1. The molecule has 0 bridgehead atoms. The van der Waals surface area contributed by atoms with Crippen molar-refractivity contribution in [2.75, 3.05) is 26.3 Å². The normalized spacial score (nSPS) is 18.4. The minimum Gasteiger partial charge on any atom is -0.381 e. The van der Waals surface area contributed by atoms with Gasteiger partial charge in [-0.05, 0) is 25.3 Å². The van der Waals surface area contributed by atoms with Crippen molar-refractivity contribution in [3.05, 3.63) is 0 Å². The molecule has 0 aromatic carbocycles. The van der Waals surface area contributed by atoms with Gasteiger partial charge in [-0.3, -0.25) is 4.79 Å². The molecule has 3 nitrogen and oxygen atoms in total. The van der Waals surface area contributed by atoms with Gasteiger partial charge in [-0.2, -0.15) is 0 Å². The van der Waals surface area contributed by atoms with Gasteiger partial charge < -0.3 is 10.1 Å². The second-order valence-electron chi connectivity index (χ2n) is 3.90.